The summed E-state index contributed by atoms with van der Waals surface area (Å²) < 4.78 is 1.63. The van der Waals surface area contributed by atoms with Crippen molar-refractivity contribution in [1.29, 1.82) is 0 Å². The van der Waals surface area contributed by atoms with Gasteiger partial charge in [0.1, 0.15) is 0 Å². The zero-order valence-corrected chi connectivity index (χ0v) is 8.41. The first-order valence-corrected chi connectivity index (χ1v) is 5.05. The molecule has 1 aliphatic rings. The van der Waals surface area contributed by atoms with E-state index in [0.29, 0.717) is 32.5 Å². The summed E-state index contributed by atoms with van der Waals surface area (Å²) in [4.78, 5) is 13.3. The molecule has 1 N–H and O–H groups in total. The zero-order valence-electron chi connectivity index (χ0n) is 8.41. The minimum Gasteiger partial charge on any atom is -0.391 e. The first kappa shape index (κ1) is 10.1. The fourth-order valence-electron chi connectivity index (χ4n) is 1.69. The van der Waals surface area contributed by atoms with Crippen molar-refractivity contribution in [3.05, 3.63) is 12.4 Å². The van der Waals surface area contributed by atoms with Gasteiger partial charge in [-0.3, -0.25) is 9.48 Å². The van der Waals surface area contributed by atoms with Crippen LogP contribution in [0.2, 0.25) is 0 Å². The van der Waals surface area contributed by atoms with Gasteiger partial charge in [0.05, 0.1) is 18.8 Å². The van der Waals surface area contributed by atoms with Gasteiger partial charge in [-0.25, -0.2) is 0 Å². The third-order valence-corrected chi connectivity index (χ3v) is 2.54. The number of aryl methyl sites for hydroxylation is 1. The summed E-state index contributed by atoms with van der Waals surface area (Å²) in [5.74, 6) is 0.0713. The van der Waals surface area contributed by atoms with Gasteiger partial charge in [-0.2, -0.15) is 0 Å². The number of amides is 1. The quantitative estimate of drug-likeness (QED) is 0.713. The van der Waals surface area contributed by atoms with E-state index in [9.17, 15) is 9.90 Å². The van der Waals surface area contributed by atoms with Crippen molar-refractivity contribution in [3.8, 4) is 0 Å². The standard InChI is InChI=1S/C9H14N4O2/c14-8-1-4-12(7-8)9(15)2-5-13-6-3-10-11-13/h3,6,8,14H,1-2,4-5,7H2/t8-/m1/s1. The smallest absolute Gasteiger partial charge is 0.224 e. The Labute approximate surface area is 87.5 Å². The van der Waals surface area contributed by atoms with Crippen molar-refractivity contribution >= 4 is 5.91 Å². The van der Waals surface area contributed by atoms with Crippen molar-refractivity contribution < 1.29 is 9.90 Å². The lowest BCUT2D eigenvalue weighted by Crippen LogP contribution is -2.30. The van der Waals surface area contributed by atoms with E-state index in [2.05, 4.69) is 10.3 Å². The van der Waals surface area contributed by atoms with Gasteiger partial charge >= 0.3 is 0 Å². The molecule has 6 heteroatoms. The highest BCUT2D eigenvalue weighted by molar-refractivity contribution is 5.76. The van der Waals surface area contributed by atoms with E-state index in [-0.39, 0.29) is 12.0 Å². The van der Waals surface area contributed by atoms with Crippen molar-refractivity contribution in [2.24, 2.45) is 0 Å². The molecule has 1 amide bonds. The molecule has 82 valence electrons. The summed E-state index contributed by atoms with van der Waals surface area (Å²) in [6.07, 6.45) is 4.07. The maximum Gasteiger partial charge on any atom is 0.224 e. The van der Waals surface area contributed by atoms with Gasteiger partial charge in [-0.1, -0.05) is 5.21 Å². The number of likely N-dealkylation sites (tertiary alicyclic amines) is 1. The number of carbonyl (C=O) groups excluding carboxylic acids is 1. The largest absolute Gasteiger partial charge is 0.391 e. The number of hydrogen-bond acceptors (Lipinski definition) is 4. The summed E-state index contributed by atoms with van der Waals surface area (Å²) in [6.45, 7) is 1.68. The van der Waals surface area contributed by atoms with E-state index in [1.54, 1.807) is 22.0 Å². The molecule has 1 saturated heterocycles. The Kier molecular flexibility index (Phi) is 2.96. The highest BCUT2D eigenvalue weighted by atomic mass is 16.3. The number of nitrogens with zero attached hydrogens (tertiary/aromatic N) is 4. The number of hydrogen-bond donors (Lipinski definition) is 1. The van der Waals surface area contributed by atoms with Crippen LogP contribution in [0.15, 0.2) is 12.4 Å². The van der Waals surface area contributed by atoms with Gasteiger partial charge in [0, 0.05) is 25.7 Å². The summed E-state index contributed by atoms with van der Waals surface area (Å²) in [7, 11) is 0. The third-order valence-electron chi connectivity index (χ3n) is 2.54. The van der Waals surface area contributed by atoms with Crippen LogP contribution in [0.25, 0.3) is 0 Å². The predicted molar refractivity (Wildman–Crippen MR) is 51.8 cm³/mol. The van der Waals surface area contributed by atoms with Crippen molar-refractivity contribution in [2.45, 2.75) is 25.5 Å². The Morgan fingerprint density at radius 2 is 2.47 bits per heavy atom. The maximum absolute atomic E-state index is 11.6. The van der Waals surface area contributed by atoms with E-state index in [1.165, 1.54) is 0 Å². The molecule has 2 heterocycles. The van der Waals surface area contributed by atoms with Crippen LogP contribution in [-0.4, -0.2) is 50.1 Å². The van der Waals surface area contributed by atoms with Gasteiger partial charge in [0.2, 0.25) is 5.91 Å². The summed E-state index contributed by atoms with van der Waals surface area (Å²) in [6, 6.07) is 0. The highest BCUT2D eigenvalue weighted by Crippen LogP contribution is 2.10. The SMILES string of the molecule is O=C(CCn1ccnn1)N1CC[C@@H](O)C1. The molecule has 1 aliphatic heterocycles. The summed E-state index contributed by atoms with van der Waals surface area (Å²) >= 11 is 0. The second kappa shape index (κ2) is 4.39. The van der Waals surface area contributed by atoms with Crippen LogP contribution in [0, 0.1) is 0 Å². The molecule has 0 bridgehead atoms. The molecule has 1 aromatic rings. The van der Waals surface area contributed by atoms with Crippen LogP contribution in [0.5, 0.6) is 0 Å². The minimum absolute atomic E-state index is 0.0713. The topological polar surface area (TPSA) is 71.2 Å². The first-order valence-electron chi connectivity index (χ1n) is 5.05. The molecular weight excluding hydrogens is 196 g/mol. The van der Waals surface area contributed by atoms with Crippen LogP contribution in [-0.2, 0) is 11.3 Å². The lowest BCUT2D eigenvalue weighted by atomic mass is 10.3. The first-order chi connectivity index (χ1) is 7.25. The lowest BCUT2D eigenvalue weighted by molar-refractivity contribution is -0.130. The van der Waals surface area contributed by atoms with E-state index in [0.717, 1.165) is 0 Å². The third kappa shape index (κ3) is 2.53. The predicted octanol–water partition coefficient (Wildman–Crippen LogP) is -0.739. The van der Waals surface area contributed by atoms with Gasteiger partial charge in [0.25, 0.3) is 0 Å². The molecule has 1 aromatic heterocycles. The number of rotatable bonds is 3. The van der Waals surface area contributed by atoms with Gasteiger partial charge in [0.15, 0.2) is 0 Å². The van der Waals surface area contributed by atoms with Gasteiger partial charge in [-0.05, 0) is 6.42 Å². The molecule has 6 nitrogen and oxygen atoms in total. The van der Waals surface area contributed by atoms with E-state index in [1.807, 2.05) is 0 Å². The molecule has 1 fully saturated rings. The Bertz CT molecular complexity index is 325. The van der Waals surface area contributed by atoms with Crippen molar-refractivity contribution in [2.75, 3.05) is 13.1 Å². The number of aromatic nitrogens is 3. The monoisotopic (exact) mass is 210 g/mol. The molecule has 2 rings (SSSR count). The second-order valence-corrected chi connectivity index (χ2v) is 3.70. The number of carbonyl (C=O) groups is 1. The van der Waals surface area contributed by atoms with Crippen LogP contribution >= 0.6 is 0 Å². The highest BCUT2D eigenvalue weighted by Gasteiger charge is 2.23. The second-order valence-electron chi connectivity index (χ2n) is 3.70. The molecule has 0 aliphatic carbocycles. The number of aliphatic hydroxyl groups excluding tert-OH is 1. The number of β-amino-alcohol motifs (C(OH)–C–C–N with tert-alkyl or cyclic N) is 1. The van der Waals surface area contributed by atoms with Crippen LogP contribution in [0.4, 0.5) is 0 Å². The molecule has 0 saturated carbocycles. The Balaban J connectivity index is 1.78. The van der Waals surface area contributed by atoms with E-state index < -0.39 is 0 Å². The molecule has 0 spiro atoms. The van der Waals surface area contributed by atoms with E-state index >= 15 is 0 Å². The molecule has 0 radical (unpaired) electrons. The van der Waals surface area contributed by atoms with Crippen LogP contribution in [0.3, 0.4) is 0 Å². The Morgan fingerprint density at radius 1 is 1.60 bits per heavy atom. The Morgan fingerprint density at radius 3 is 3.07 bits per heavy atom. The fraction of sp³-hybridized carbons (Fsp3) is 0.667. The lowest BCUT2D eigenvalue weighted by Gasteiger charge is -2.14. The summed E-state index contributed by atoms with van der Waals surface area (Å²) in [5.41, 5.74) is 0. The maximum atomic E-state index is 11.6. The molecule has 0 unspecified atom stereocenters. The average Bonchev–Trinajstić information content (AvgIpc) is 2.84. The van der Waals surface area contributed by atoms with Crippen LogP contribution < -0.4 is 0 Å². The van der Waals surface area contributed by atoms with E-state index in [4.69, 9.17) is 0 Å². The average molecular weight is 210 g/mol. The zero-order chi connectivity index (χ0) is 10.7. The fourth-order valence-corrected chi connectivity index (χ4v) is 1.69. The van der Waals surface area contributed by atoms with Crippen molar-refractivity contribution in [1.82, 2.24) is 19.9 Å². The Hall–Kier alpha value is -1.43. The molecular formula is C9H14N4O2. The molecule has 15 heavy (non-hydrogen) atoms. The van der Waals surface area contributed by atoms with Gasteiger partial charge in [-0.15, -0.1) is 5.10 Å². The van der Waals surface area contributed by atoms with Crippen LogP contribution in [0.1, 0.15) is 12.8 Å². The van der Waals surface area contributed by atoms with Crippen molar-refractivity contribution in [3.63, 3.8) is 0 Å². The number of aliphatic hydroxyl groups is 1. The summed E-state index contributed by atoms with van der Waals surface area (Å²) in [5, 5.41) is 16.7. The van der Waals surface area contributed by atoms with Gasteiger partial charge < -0.3 is 10.0 Å². The molecule has 1 atom stereocenters. The normalized spacial score (nSPS) is 20.9. The minimum atomic E-state index is -0.347. The molecule has 0 aromatic carbocycles.